The molecule has 0 fully saturated rings. The highest BCUT2D eigenvalue weighted by molar-refractivity contribution is 5.35. The average molecular weight is 232 g/mol. The molecular formula is C15H17FO. The van der Waals surface area contributed by atoms with Crippen LogP contribution in [-0.2, 0) is 0 Å². The second kappa shape index (κ2) is 6.04. The van der Waals surface area contributed by atoms with E-state index in [-0.39, 0.29) is 5.83 Å². The van der Waals surface area contributed by atoms with Gasteiger partial charge in [-0.1, -0.05) is 12.6 Å². The minimum Gasteiger partial charge on any atom is -0.462 e. The van der Waals surface area contributed by atoms with Crippen LogP contribution in [0.1, 0.15) is 18.1 Å². The monoisotopic (exact) mass is 232 g/mol. The second-order valence-corrected chi connectivity index (χ2v) is 3.88. The largest absolute Gasteiger partial charge is 0.462 e. The zero-order valence-corrected chi connectivity index (χ0v) is 10.5. The Morgan fingerprint density at radius 3 is 2.53 bits per heavy atom. The Morgan fingerprint density at radius 2 is 1.94 bits per heavy atom. The molecule has 0 saturated heterocycles. The fourth-order valence-electron chi connectivity index (χ4n) is 1.26. The van der Waals surface area contributed by atoms with Crippen LogP contribution in [0.4, 0.5) is 4.39 Å². The van der Waals surface area contributed by atoms with Crippen LogP contribution < -0.4 is 4.74 Å². The molecule has 1 rings (SSSR count). The summed E-state index contributed by atoms with van der Waals surface area (Å²) in [6, 6.07) is 5.85. The molecule has 0 N–H and O–H groups in total. The molecule has 0 spiro atoms. The molecule has 0 radical (unpaired) electrons. The highest BCUT2D eigenvalue weighted by Gasteiger charge is 1.98. The molecule has 0 unspecified atom stereocenters. The lowest BCUT2D eigenvalue weighted by Gasteiger charge is -2.07. The van der Waals surface area contributed by atoms with Gasteiger partial charge >= 0.3 is 0 Å². The molecule has 0 bridgehead atoms. The van der Waals surface area contributed by atoms with E-state index < -0.39 is 0 Å². The van der Waals surface area contributed by atoms with Gasteiger partial charge in [-0.05, 0) is 62.3 Å². The zero-order chi connectivity index (χ0) is 12.8. The van der Waals surface area contributed by atoms with Gasteiger partial charge in [0.25, 0.3) is 0 Å². The number of benzene rings is 1. The van der Waals surface area contributed by atoms with Crippen LogP contribution in [0.15, 0.2) is 54.6 Å². The molecule has 0 aliphatic rings. The van der Waals surface area contributed by atoms with Gasteiger partial charge in [-0.2, -0.15) is 0 Å². The summed E-state index contributed by atoms with van der Waals surface area (Å²) in [5.41, 5.74) is 2.39. The van der Waals surface area contributed by atoms with Crippen molar-refractivity contribution in [3.05, 3.63) is 65.7 Å². The van der Waals surface area contributed by atoms with E-state index in [1.54, 1.807) is 13.0 Å². The maximum Gasteiger partial charge on any atom is 0.127 e. The minimum absolute atomic E-state index is 0.381. The van der Waals surface area contributed by atoms with Crippen molar-refractivity contribution in [1.29, 1.82) is 0 Å². The summed E-state index contributed by atoms with van der Waals surface area (Å²) < 4.78 is 18.4. The van der Waals surface area contributed by atoms with Crippen LogP contribution in [0.2, 0.25) is 0 Å². The van der Waals surface area contributed by atoms with E-state index in [0.717, 1.165) is 11.8 Å². The normalized spacial score (nSPS) is 12.5. The molecule has 1 aromatic carbocycles. The van der Waals surface area contributed by atoms with Crippen LogP contribution in [0, 0.1) is 13.8 Å². The van der Waals surface area contributed by atoms with Crippen LogP contribution in [0.5, 0.6) is 5.75 Å². The minimum atomic E-state index is -0.381. The summed E-state index contributed by atoms with van der Waals surface area (Å²) in [4.78, 5) is 0. The van der Waals surface area contributed by atoms with Crippen molar-refractivity contribution >= 4 is 0 Å². The Bertz CT molecular complexity index is 470. The van der Waals surface area contributed by atoms with Crippen LogP contribution >= 0.6 is 0 Å². The quantitative estimate of drug-likeness (QED) is 0.543. The number of hydrogen-bond donors (Lipinski definition) is 0. The van der Waals surface area contributed by atoms with Crippen molar-refractivity contribution in [1.82, 2.24) is 0 Å². The molecule has 1 nitrogen and oxygen atoms in total. The van der Waals surface area contributed by atoms with E-state index in [1.165, 1.54) is 17.2 Å². The zero-order valence-electron chi connectivity index (χ0n) is 10.5. The molecule has 0 atom stereocenters. The lowest BCUT2D eigenvalue weighted by Crippen LogP contribution is -1.91. The summed E-state index contributed by atoms with van der Waals surface area (Å²) >= 11 is 0. The standard InChI is InChI=1S/C15H17FO/c1-5-14(16)8-7-13(4)17-15-9-6-11(2)12(3)10-15/h5-10H,1H2,2-4H3/b13-7+,14-8+. The van der Waals surface area contributed by atoms with Crippen molar-refractivity contribution in [2.45, 2.75) is 20.8 Å². The predicted molar refractivity (Wildman–Crippen MR) is 69.7 cm³/mol. The van der Waals surface area contributed by atoms with Crippen molar-refractivity contribution < 1.29 is 9.13 Å². The number of allylic oxidation sites excluding steroid dienone is 5. The molecule has 17 heavy (non-hydrogen) atoms. The Kier molecular flexibility index (Phi) is 4.70. The number of rotatable bonds is 4. The lowest BCUT2D eigenvalue weighted by atomic mass is 10.1. The maximum absolute atomic E-state index is 12.8. The molecule has 90 valence electrons. The highest BCUT2D eigenvalue weighted by atomic mass is 19.1. The molecule has 2 heteroatoms. The SMILES string of the molecule is C=C/C(F)=C\C=C(/C)Oc1ccc(C)c(C)c1. The second-order valence-electron chi connectivity index (χ2n) is 3.88. The lowest BCUT2D eigenvalue weighted by molar-refractivity contribution is 0.427. The van der Waals surface area contributed by atoms with Gasteiger partial charge in [-0.3, -0.25) is 0 Å². The fourth-order valence-corrected chi connectivity index (χ4v) is 1.26. The summed E-state index contributed by atoms with van der Waals surface area (Å²) in [7, 11) is 0. The summed E-state index contributed by atoms with van der Waals surface area (Å²) in [6.07, 6.45) is 4.05. The number of ether oxygens (including phenoxy) is 1. The first kappa shape index (κ1) is 13.2. The van der Waals surface area contributed by atoms with Crippen LogP contribution in [0.25, 0.3) is 0 Å². The topological polar surface area (TPSA) is 9.23 Å². The van der Waals surface area contributed by atoms with Gasteiger partial charge in [0.05, 0.1) is 0 Å². The van der Waals surface area contributed by atoms with E-state index in [1.807, 2.05) is 32.0 Å². The first-order chi connectivity index (χ1) is 8.02. The van der Waals surface area contributed by atoms with Crippen molar-refractivity contribution in [3.63, 3.8) is 0 Å². The molecule has 0 aromatic heterocycles. The van der Waals surface area contributed by atoms with Crippen molar-refractivity contribution in [2.24, 2.45) is 0 Å². The van der Waals surface area contributed by atoms with Gasteiger partial charge in [-0.15, -0.1) is 0 Å². The van der Waals surface area contributed by atoms with Crippen molar-refractivity contribution in [3.8, 4) is 5.75 Å². The first-order valence-electron chi connectivity index (χ1n) is 5.44. The molecule has 0 amide bonds. The van der Waals surface area contributed by atoms with Gasteiger partial charge in [0.15, 0.2) is 0 Å². The molecular weight excluding hydrogens is 215 g/mol. The Morgan fingerprint density at radius 1 is 1.24 bits per heavy atom. The first-order valence-corrected chi connectivity index (χ1v) is 5.44. The van der Waals surface area contributed by atoms with E-state index in [4.69, 9.17) is 4.74 Å². The van der Waals surface area contributed by atoms with Crippen molar-refractivity contribution in [2.75, 3.05) is 0 Å². The summed E-state index contributed by atoms with van der Waals surface area (Å²) in [5, 5.41) is 0. The average Bonchev–Trinajstić information content (AvgIpc) is 2.31. The molecule has 1 aromatic rings. The van der Waals surface area contributed by atoms with Crippen LogP contribution in [-0.4, -0.2) is 0 Å². The third kappa shape index (κ3) is 4.27. The predicted octanol–water partition coefficient (Wildman–Crippen LogP) is 4.63. The number of aryl methyl sites for hydroxylation is 2. The molecule has 0 saturated carbocycles. The summed E-state index contributed by atoms with van der Waals surface area (Å²) in [5.74, 6) is 1.01. The van der Waals surface area contributed by atoms with Crippen LogP contribution in [0.3, 0.4) is 0 Å². The molecule has 0 heterocycles. The molecule has 0 aliphatic heterocycles. The van der Waals surface area contributed by atoms with Gasteiger partial charge in [-0.25, -0.2) is 4.39 Å². The summed E-state index contributed by atoms with van der Waals surface area (Å²) in [6.45, 7) is 9.18. The van der Waals surface area contributed by atoms with E-state index >= 15 is 0 Å². The Balaban J connectivity index is 2.77. The third-order valence-corrected chi connectivity index (χ3v) is 2.43. The number of halogens is 1. The fraction of sp³-hybridized carbons (Fsp3) is 0.200. The van der Waals surface area contributed by atoms with E-state index in [2.05, 4.69) is 6.58 Å². The molecule has 0 aliphatic carbocycles. The van der Waals surface area contributed by atoms with E-state index in [0.29, 0.717) is 5.76 Å². The van der Waals surface area contributed by atoms with E-state index in [9.17, 15) is 4.39 Å². The van der Waals surface area contributed by atoms with Gasteiger partial charge in [0.2, 0.25) is 0 Å². The highest BCUT2D eigenvalue weighted by Crippen LogP contribution is 2.18. The van der Waals surface area contributed by atoms with Gasteiger partial charge in [0, 0.05) is 0 Å². The Hall–Kier alpha value is -1.83. The Labute approximate surface area is 102 Å². The van der Waals surface area contributed by atoms with Gasteiger partial charge in [0.1, 0.15) is 17.3 Å². The third-order valence-electron chi connectivity index (χ3n) is 2.43. The maximum atomic E-state index is 12.8. The number of hydrogen-bond acceptors (Lipinski definition) is 1. The van der Waals surface area contributed by atoms with Gasteiger partial charge < -0.3 is 4.74 Å². The smallest absolute Gasteiger partial charge is 0.127 e.